The van der Waals surface area contributed by atoms with E-state index in [0.29, 0.717) is 16.9 Å². The van der Waals surface area contributed by atoms with Crippen molar-refractivity contribution in [1.82, 2.24) is 0 Å². The van der Waals surface area contributed by atoms with Gasteiger partial charge in [0.2, 0.25) is 0 Å². The van der Waals surface area contributed by atoms with Crippen LogP contribution in [0, 0.1) is 10.8 Å². The van der Waals surface area contributed by atoms with Gasteiger partial charge >= 0.3 is 0 Å². The minimum Gasteiger partial charge on any atom is -0.504 e. The molecule has 0 saturated heterocycles. The maximum absolute atomic E-state index is 9.52. The monoisotopic (exact) mass is 178 g/mol. The van der Waals surface area contributed by atoms with Crippen LogP contribution < -0.4 is 4.74 Å². The highest BCUT2D eigenvalue weighted by Crippen LogP contribution is 2.30. The molecule has 0 atom stereocenters. The maximum Gasteiger partial charge on any atom is 0.167 e. The average Bonchev–Trinajstić information content (AvgIpc) is 2.17. The van der Waals surface area contributed by atoms with E-state index in [1.165, 1.54) is 7.11 Å². The predicted octanol–water partition coefficient (Wildman–Crippen LogP) is 1.40. The summed E-state index contributed by atoms with van der Waals surface area (Å²) in [5.41, 5.74) is 0.794. The molecular formula is C9H10N2O2. The molecule has 68 valence electrons. The lowest BCUT2D eigenvalue weighted by molar-refractivity contribution is 0.373. The minimum atomic E-state index is -0.0986. The lowest BCUT2D eigenvalue weighted by atomic mass is 10.1. The van der Waals surface area contributed by atoms with Gasteiger partial charge in [-0.15, -0.1) is 0 Å². The van der Waals surface area contributed by atoms with Crippen molar-refractivity contribution in [3.05, 3.63) is 23.3 Å². The third-order valence-corrected chi connectivity index (χ3v) is 1.73. The molecule has 3 N–H and O–H groups in total. The highest BCUT2D eigenvalue weighted by molar-refractivity contribution is 5.95. The van der Waals surface area contributed by atoms with Gasteiger partial charge in [-0.2, -0.15) is 0 Å². The van der Waals surface area contributed by atoms with Gasteiger partial charge in [0.05, 0.1) is 7.11 Å². The van der Waals surface area contributed by atoms with E-state index in [4.69, 9.17) is 15.6 Å². The van der Waals surface area contributed by atoms with Gasteiger partial charge < -0.3 is 20.7 Å². The van der Waals surface area contributed by atoms with Gasteiger partial charge in [0, 0.05) is 23.6 Å². The number of benzene rings is 1. The van der Waals surface area contributed by atoms with Crippen molar-refractivity contribution >= 4 is 12.4 Å². The van der Waals surface area contributed by atoms with Gasteiger partial charge in [-0.25, -0.2) is 0 Å². The van der Waals surface area contributed by atoms with Crippen LogP contribution in [0.15, 0.2) is 12.1 Å². The molecule has 4 heteroatoms. The van der Waals surface area contributed by atoms with Gasteiger partial charge in [0.15, 0.2) is 11.5 Å². The van der Waals surface area contributed by atoms with E-state index in [1.54, 1.807) is 12.1 Å². The molecule has 0 aliphatic rings. The number of methoxy groups -OCH3 is 1. The quantitative estimate of drug-likeness (QED) is 0.612. The third-order valence-electron chi connectivity index (χ3n) is 1.73. The summed E-state index contributed by atoms with van der Waals surface area (Å²) in [6.45, 7) is 0. The second-order valence-corrected chi connectivity index (χ2v) is 2.41. The zero-order chi connectivity index (χ0) is 9.84. The molecule has 0 amide bonds. The van der Waals surface area contributed by atoms with E-state index in [2.05, 4.69) is 0 Å². The van der Waals surface area contributed by atoms with Crippen molar-refractivity contribution in [2.24, 2.45) is 0 Å². The Bertz CT molecular complexity index is 348. The van der Waals surface area contributed by atoms with Crippen LogP contribution in [0.3, 0.4) is 0 Å². The molecule has 13 heavy (non-hydrogen) atoms. The first kappa shape index (κ1) is 9.25. The van der Waals surface area contributed by atoms with Gasteiger partial charge in [0.1, 0.15) is 0 Å². The second-order valence-electron chi connectivity index (χ2n) is 2.41. The van der Waals surface area contributed by atoms with Crippen LogP contribution in [0.1, 0.15) is 11.1 Å². The van der Waals surface area contributed by atoms with Crippen molar-refractivity contribution in [3.8, 4) is 11.5 Å². The summed E-state index contributed by atoms with van der Waals surface area (Å²) in [6.07, 6.45) is 2.08. The highest BCUT2D eigenvalue weighted by Gasteiger charge is 2.09. The van der Waals surface area contributed by atoms with E-state index >= 15 is 0 Å². The fraction of sp³-hybridized carbons (Fsp3) is 0.111. The average molecular weight is 178 g/mol. The number of aromatic hydroxyl groups is 1. The Morgan fingerprint density at radius 2 is 2.00 bits per heavy atom. The van der Waals surface area contributed by atoms with Crippen LogP contribution in [0.25, 0.3) is 0 Å². The Hall–Kier alpha value is -1.84. The van der Waals surface area contributed by atoms with E-state index in [-0.39, 0.29) is 5.75 Å². The number of rotatable bonds is 3. The van der Waals surface area contributed by atoms with E-state index in [9.17, 15) is 5.11 Å². The molecule has 0 aliphatic heterocycles. The van der Waals surface area contributed by atoms with Crippen LogP contribution >= 0.6 is 0 Å². The van der Waals surface area contributed by atoms with Gasteiger partial charge in [-0.1, -0.05) is 0 Å². The standard InChI is InChI=1S/C9H10N2O2/c1-13-8-3-2-6(4-10)7(5-11)9(8)12/h2-5,10-12H,1H3. The summed E-state index contributed by atoms with van der Waals surface area (Å²) >= 11 is 0. The van der Waals surface area contributed by atoms with Gasteiger partial charge in [-0.05, 0) is 12.1 Å². The molecule has 0 spiro atoms. The van der Waals surface area contributed by atoms with Crippen LogP contribution in [0.4, 0.5) is 0 Å². The Morgan fingerprint density at radius 3 is 2.46 bits per heavy atom. The molecule has 0 saturated carbocycles. The highest BCUT2D eigenvalue weighted by atomic mass is 16.5. The molecule has 0 aromatic heterocycles. The van der Waals surface area contributed by atoms with E-state index in [0.717, 1.165) is 12.4 Å². The molecule has 0 radical (unpaired) electrons. The number of nitrogens with one attached hydrogen (secondary N) is 2. The molecule has 0 fully saturated rings. The summed E-state index contributed by atoms with van der Waals surface area (Å²) in [6, 6.07) is 3.18. The largest absolute Gasteiger partial charge is 0.504 e. The Balaban J connectivity index is 3.39. The lowest BCUT2D eigenvalue weighted by Crippen LogP contribution is -1.94. The zero-order valence-corrected chi connectivity index (χ0v) is 7.16. The van der Waals surface area contributed by atoms with E-state index < -0.39 is 0 Å². The number of phenolic OH excluding ortho intramolecular Hbond substituents is 1. The Morgan fingerprint density at radius 1 is 1.31 bits per heavy atom. The summed E-state index contributed by atoms with van der Waals surface area (Å²) in [4.78, 5) is 0. The summed E-state index contributed by atoms with van der Waals surface area (Å²) < 4.78 is 4.86. The Labute approximate surface area is 75.8 Å². The van der Waals surface area contributed by atoms with Gasteiger partial charge in [-0.3, -0.25) is 0 Å². The summed E-state index contributed by atoms with van der Waals surface area (Å²) in [5.74, 6) is 0.211. The van der Waals surface area contributed by atoms with Crippen molar-refractivity contribution in [3.63, 3.8) is 0 Å². The lowest BCUT2D eigenvalue weighted by Gasteiger charge is -2.07. The molecular weight excluding hydrogens is 168 g/mol. The molecule has 4 nitrogen and oxygen atoms in total. The first-order valence-electron chi connectivity index (χ1n) is 3.65. The van der Waals surface area contributed by atoms with E-state index in [1.807, 2.05) is 0 Å². The minimum absolute atomic E-state index is 0.0986. The van der Waals surface area contributed by atoms with Crippen molar-refractivity contribution in [2.45, 2.75) is 0 Å². The second kappa shape index (κ2) is 3.71. The third kappa shape index (κ3) is 1.51. The molecule has 1 aromatic rings. The molecule has 0 unspecified atom stereocenters. The Kier molecular flexibility index (Phi) is 2.64. The molecule has 0 heterocycles. The fourth-order valence-corrected chi connectivity index (χ4v) is 1.05. The van der Waals surface area contributed by atoms with Crippen molar-refractivity contribution < 1.29 is 9.84 Å². The van der Waals surface area contributed by atoms with Crippen molar-refractivity contribution in [2.75, 3.05) is 7.11 Å². The number of hydrogen-bond donors (Lipinski definition) is 3. The topological polar surface area (TPSA) is 77.2 Å². The first-order valence-corrected chi connectivity index (χ1v) is 3.65. The summed E-state index contributed by atoms with van der Waals surface area (Å²) in [5, 5.41) is 23.6. The van der Waals surface area contributed by atoms with Crippen molar-refractivity contribution in [1.29, 1.82) is 10.8 Å². The van der Waals surface area contributed by atoms with Crippen LogP contribution in [0.2, 0.25) is 0 Å². The smallest absolute Gasteiger partial charge is 0.167 e. The van der Waals surface area contributed by atoms with Crippen LogP contribution in [-0.2, 0) is 0 Å². The normalized spacial score (nSPS) is 9.31. The molecule has 0 aliphatic carbocycles. The maximum atomic E-state index is 9.52. The van der Waals surface area contributed by atoms with Crippen LogP contribution in [0.5, 0.6) is 11.5 Å². The zero-order valence-electron chi connectivity index (χ0n) is 7.16. The number of phenols is 1. The van der Waals surface area contributed by atoms with Crippen LogP contribution in [-0.4, -0.2) is 24.6 Å². The molecule has 1 aromatic carbocycles. The SMILES string of the molecule is COc1ccc(C=N)c(C=N)c1O. The number of ether oxygens (including phenoxy) is 1. The molecule has 0 bridgehead atoms. The number of hydrogen-bond acceptors (Lipinski definition) is 4. The van der Waals surface area contributed by atoms with Gasteiger partial charge in [0.25, 0.3) is 0 Å². The molecule has 1 rings (SSSR count). The predicted molar refractivity (Wildman–Crippen MR) is 50.4 cm³/mol. The summed E-state index contributed by atoms with van der Waals surface area (Å²) in [7, 11) is 1.44. The fourth-order valence-electron chi connectivity index (χ4n) is 1.05. The first-order chi connectivity index (χ1) is 6.24.